The summed E-state index contributed by atoms with van der Waals surface area (Å²) in [6.07, 6.45) is 3.01. The highest BCUT2D eigenvalue weighted by Crippen LogP contribution is 2.26. The van der Waals surface area contributed by atoms with E-state index in [1.807, 2.05) is 4.90 Å². The molecule has 2 unspecified atom stereocenters. The molecule has 0 aromatic heterocycles. The Morgan fingerprint density at radius 3 is 2.27 bits per heavy atom. The summed E-state index contributed by atoms with van der Waals surface area (Å²) in [6, 6.07) is 5.37. The first kappa shape index (κ1) is 19.9. The van der Waals surface area contributed by atoms with Crippen molar-refractivity contribution in [2.45, 2.75) is 45.3 Å². The van der Waals surface area contributed by atoms with Crippen molar-refractivity contribution in [3.8, 4) is 0 Å². The number of carbonyl (C=O) groups is 1. The van der Waals surface area contributed by atoms with E-state index in [-0.39, 0.29) is 12.3 Å². The van der Waals surface area contributed by atoms with Gasteiger partial charge in [0, 0.05) is 42.8 Å². The molecule has 26 heavy (non-hydrogen) atoms. The number of likely N-dealkylation sites (tertiary alicyclic amines) is 1. The highest BCUT2D eigenvalue weighted by atomic mass is 35.5. The Labute approximate surface area is 166 Å². The number of carbonyl (C=O) groups excluding carboxylic acids is 1. The van der Waals surface area contributed by atoms with Crippen molar-refractivity contribution in [2.24, 2.45) is 5.92 Å². The average Bonchev–Trinajstić information content (AvgIpc) is 2.58. The van der Waals surface area contributed by atoms with Gasteiger partial charge in [-0.15, -0.1) is 0 Å². The molecule has 2 atom stereocenters. The van der Waals surface area contributed by atoms with Crippen LogP contribution < -0.4 is 0 Å². The Morgan fingerprint density at radius 1 is 1.12 bits per heavy atom. The van der Waals surface area contributed by atoms with Gasteiger partial charge in [-0.2, -0.15) is 0 Å². The summed E-state index contributed by atoms with van der Waals surface area (Å²) < 4.78 is 5.81. The van der Waals surface area contributed by atoms with Crippen LogP contribution in [0.3, 0.4) is 0 Å². The van der Waals surface area contributed by atoms with Gasteiger partial charge in [-0.25, -0.2) is 0 Å². The van der Waals surface area contributed by atoms with Crippen LogP contribution in [-0.4, -0.2) is 60.6 Å². The monoisotopic (exact) mass is 398 g/mol. The predicted octanol–water partition coefficient (Wildman–Crippen LogP) is 3.88. The minimum Gasteiger partial charge on any atom is -0.373 e. The molecule has 0 saturated carbocycles. The lowest BCUT2D eigenvalue weighted by molar-refractivity contribution is -0.132. The molecular formula is C20H28Cl2N2O2. The van der Waals surface area contributed by atoms with Gasteiger partial charge in [-0.05, 0) is 50.3 Å². The van der Waals surface area contributed by atoms with Crippen molar-refractivity contribution in [3.63, 3.8) is 0 Å². The van der Waals surface area contributed by atoms with E-state index in [4.69, 9.17) is 27.9 Å². The summed E-state index contributed by atoms with van der Waals surface area (Å²) in [7, 11) is 0. The molecule has 1 aromatic carbocycles. The number of piperidine rings is 1. The molecule has 3 rings (SSSR count). The lowest BCUT2D eigenvalue weighted by Gasteiger charge is -2.39. The summed E-state index contributed by atoms with van der Waals surface area (Å²) in [5.41, 5.74) is 0.735. The topological polar surface area (TPSA) is 32.8 Å². The molecule has 2 saturated heterocycles. The second-order valence-electron chi connectivity index (χ2n) is 7.68. The number of ether oxygens (including phenoxy) is 1. The van der Waals surface area contributed by atoms with Gasteiger partial charge in [-0.1, -0.05) is 29.3 Å². The zero-order chi connectivity index (χ0) is 18.7. The quantitative estimate of drug-likeness (QED) is 0.770. The number of amides is 1. The zero-order valence-corrected chi connectivity index (χ0v) is 17.1. The highest BCUT2D eigenvalue weighted by molar-refractivity contribution is 6.36. The minimum absolute atomic E-state index is 0.118. The molecule has 2 aliphatic rings. The molecule has 1 amide bonds. The van der Waals surface area contributed by atoms with Gasteiger partial charge in [-0.3, -0.25) is 9.69 Å². The summed E-state index contributed by atoms with van der Waals surface area (Å²) in [6.45, 7) is 9.05. The number of rotatable bonds is 4. The van der Waals surface area contributed by atoms with Crippen LogP contribution in [0.1, 0.15) is 32.3 Å². The maximum absolute atomic E-state index is 12.6. The van der Waals surface area contributed by atoms with Gasteiger partial charge in [0.2, 0.25) is 5.91 Å². The van der Waals surface area contributed by atoms with Crippen molar-refractivity contribution >= 4 is 29.1 Å². The molecule has 0 aliphatic carbocycles. The van der Waals surface area contributed by atoms with E-state index < -0.39 is 0 Å². The Hall–Kier alpha value is -0.810. The molecule has 0 radical (unpaired) electrons. The number of benzene rings is 1. The first-order valence-electron chi connectivity index (χ1n) is 9.51. The van der Waals surface area contributed by atoms with Crippen LogP contribution in [0.5, 0.6) is 0 Å². The molecule has 2 fully saturated rings. The minimum atomic E-state index is 0.118. The van der Waals surface area contributed by atoms with Crippen molar-refractivity contribution < 1.29 is 9.53 Å². The molecule has 144 valence electrons. The molecule has 6 heteroatoms. The van der Waals surface area contributed by atoms with Crippen LogP contribution in [0.2, 0.25) is 10.0 Å². The van der Waals surface area contributed by atoms with Crippen LogP contribution >= 0.6 is 23.2 Å². The smallest absolute Gasteiger partial charge is 0.227 e. The second-order valence-corrected chi connectivity index (χ2v) is 8.49. The Bertz CT molecular complexity index is 602. The van der Waals surface area contributed by atoms with E-state index in [1.165, 1.54) is 0 Å². The van der Waals surface area contributed by atoms with Gasteiger partial charge in [0.15, 0.2) is 0 Å². The van der Waals surface area contributed by atoms with Crippen LogP contribution in [0.25, 0.3) is 0 Å². The molecule has 0 N–H and O–H groups in total. The largest absolute Gasteiger partial charge is 0.373 e. The summed E-state index contributed by atoms with van der Waals surface area (Å²) in [4.78, 5) is 17.1. The van der Waals surface area contributed by atoms with Crippen molar-refractivity contribution in [2.75, 3.05) is 32.7 Å². The summed E-state index contributed by atoms with van der Waals surface area (Å²) in [5.74, 6) is 0.771. The second kappa shape index (κ2) is 8.92. The van der Waals surface area contributed by atoms with E-state index in [0.717, 1.165) is 51.1 Å². The Kier molecular flexibility index (Phi) is 6.84. The van der Waals surface area contributed by atoms with Gasteiger partial charge in [0.25, 0.3) is 0 Å². The Morgan fingerprint density at radius 2 is 1.69 bits per heavy atom. The number of morpholine rings is 1. The third-order valence-electron chi connectivity index (χ3n) is 5.37. The fraction of sp³-hybridized carbons (Fsp3) is 0.650. The molecule has 4 nitrogen and oxygen atoms in total. The standard InChI is InChI=1S/C20H28Cl2N2O2/c1-14-11-23(12-15(2)26-14)13-16-6-8-24(9-7-16)20(25)10-17-18(21)4-3-5-19(17)22/h3-5,14-16H,6-13H2,1-2H3. The van der Waals surface area contributed by atoms with E-state index in [0.29, 0.717) is 28.2 Å². The first-order chi connectivity index (χ1) is 12.4. The fourth-order valence-electron chi connectivity index (χ4n) is 4.13. The third kappa shape index (κ3) is 5.13. The highest BCUT2D eigenvalue weighted by Gasteiger charge is 2.28. The maximum Gasteiger partial charge on any atom is 0.227 e. The SMILES string of the molecule is CC1CN(CC2CCN(C(=O)Cc3c(Cl)cccc3Cl)CC2)CC(C)O1. The normalized spacial score (nSPS) is 25.5. The Balaban J connectivity index is 1.48. The third-order valence-corrected chi connectivity index (χ3v) is 6.08. The predicted molar refractivity (Wildman–Crippen MR) is 106 cm³/mol. The summed E-state index contributed by atoms with van der Waals surface area (Å²) >= 11 is 12.4. The number of halogens is 2. The lowest BCUT2D eigenvalue weighted by Crippen LogP contribution is -2.48. The van der Waals surface area contributed by atoms with E-state index >= 15 is 0 Å². The van der Waals surface area contributed by atoms with Gasteiger partial charge in [0.05, 0.1) is 18.6 Å². The molecule has 1 aromatic rings. The van der Waals surface area contributed by atoms with Gasteiger partial charge >= 0.3 is 0 Å². The van der Waals surface area contributed by atoms with Gasteiger partial charge in [0.1, 0.15) is 0 Å². The van der Waals surface area contributed by atoms with E-state index in [1.54, 1.807) is 18.2 Å². The number of nitrogens with zero attached hydrogens (tertiary/aromatic N) is 2. The molecule has 0 spiro atoms. The van der Waals surface area contributed by atoms with E-state index in [9.17, 15) is 4.79 Å². The molecule has 2 heterocycles. The number of hydrogen-bond acceptors (Lipinski definition) is 3. The van der Waals surface area contributed by atoms with Crippen molar-refractivity contribution in [3.05, 3.63) is 33.8 Å². The van der Waals surface area contributed by atoms with Crippen LogP contribution in [0.15, 0.2) is 18.2 Å². The lowest BCUT2D eigenvalue weighted by atomic mass is 9.95. The molecule has 2 aliphatic heterocycles. The maximum atomic E-state index is 12.6. The zero-order valence-electron chi connectivity index (χ0n) is 15.6. The van der Waals surface area contributed by atoms with Crippen molar-refractivity contribution in [1.82, 2.24) is 9.80 Å². The van der Waals surface area contributed by atoms with Crippen molar-refractivity contribution in [1.29, 1.82) is 0 Å². The van der Waals surface area contributed by atoms with Crippen LogP contribution in [0.4, 0.5) is 0 Å². The van der Waals surface area contributed by atoms with Crippen LogP contribution in [-0.2, 0) is 16.0 Å². The molecular weight excluding hydrogens is 371 g/mol. The number of hydrogen-bond donors (Lipinski definition) is 0. The average molecular weight is 399 g/mol. The summed E-state index contributed by atoms with van der Waals surface area (Å²) in [5, 5.41) is 1.13. The molecule has 0 bridgehead atoms. The van der Waals surface area contributed by atoms with E-state index in [2.05, 4.69) is 18.7 Å². The van der Waals surface area contributed by atoms with Gasteiger partial charge < -0.3 is 9.64 Å². The fourth-order valence-corrected chi connectivity index (χ4v) is 4.66. The van der Waals surface area contributed by atoms with Crippen LogP contribution in [0, 0.1) is 5.92 Å². The first-order valence-corrected chi connectivity index (χ1v) is 10.3.